The number of hydrogen-bond donors (Lipinski definition) is 0. The number of carbonyl (C=O) groups excluding carboxylic acids is 1. The van der Waals surface area contributed by atoms with E-state index >= 15 is 0 Å². The van der Waals surface area contributed by atoms with Gasteiger partial charge in [0.25, 0.3) is 5.91 Å². The van der Waals surface area contributed by atoms with Crippen molar-refractivity contribution in [3.8, 4) is 0 Å². The van der Waals surface area contributed by atoms with Crippen LogP contribution in [0.15, 0.2) is 28.7 Å². The molecule has 0 atom stereocenters. The molecule has 124 valence electrons. The fraction of sp³-hybridized carbons (Fsp3) is 0.368. The first-order valence-corrected chi connectivity index (χ1v) is 8.26. The van der Waals surface area contributed by atoms with Gasteiger partial charge in [0.2, 0.25) is 0 Å². The molecule has 1 fully saturated rings. The SMILES string of the molecule is Cc1ccc2c(C)c(C(=O)N3CC(n4nc(C)cc4C)C3)oc2c1. The summed E-state index contributed by atoms with van der Waals surface area (Å²) in [4.78, 5) is 14.6. The van der Waals surface area contributed by atoms with Crippen molar-refractivity contribution in [2.45, 2.75) is 33.7 Å². The Morgan fingerprint density at radius 1 is 1.17 bits per heavy atom. The highest BCUT2D eigenvalue weighted by Crippen LogP contribution is 2.30. The second-order valence-corrected chi connectivity index (χ2v) is 6.79. The molecule has 1 amide bonds. The van der Waals surface area contributed by atoms with Gasteiger partial charge in [-0.1, -0.05) is 12.1 Å². The van der Waals surface area contributed by atoms with E-state index in [2.05, 4.69) is 18.1 Å². The molecule has 5 heteroatoms. The molecule has 2 aromatic heterocycles. The molecule has 0 bridgehead atoms. The minimum atomic E-state index is -0.0286. The maximum Gasteiger partial charge on any atom is 0.290 e. The van der Waals surface area contributed by atoms with Gasteiger partial charge in [-0.25, -0.2) is 0 Å². The number of nitrogens with zero attached hydrogens (tertiary/aromatic N) is 3. The number of likely N-dealkylation sites (tertiary alicyclic amines) is 1. The van der Waals surface area contributed by atoms with Gasteiger partial charge in [0.1, 0.15) is 5.58 Å². The molecule has 3 heterocycles. The average molecular weight is 323 g/mol. The Bertz CT molecular complexity index is 945. The molecule has 0 saturated carbocycles. The highest BCUT2D eigenvalue weighted by Gasteiger charge is 2.35. The molecule has 1 aliphatic rings. The van der Waals surface area contributed by atoms with Crippen LogP contribution in [-0.4, -0.2) is 33.7 Å². The average Bonchev–Trinajstić information content (AvgIpc) is 2.97. The molecular formula is C19H21N3O2. The number of carbonyl (C=O) groups is 1. The minimum absolute atomic E-state index is 0.0286. The third-order valence-corrected chi connectivity index (χ3v) is 4.83. The van der Waals surface area contributed by atoms with Crippen LogP contribution in [0, 0.1) is 27.7 Å². The van der Waals surface area contributed by atoms with Gasteiger partial charge in [-0.05, 0) is 45.4 Å². The first-order valence-electron chi connectivity index (χ1n) is 8.26. The maximum absolute atomic E-state index is 12.8. The number of benzene rings is 1. The number of furan rings is 1. The summed E-state index contributed by atoms with van der Waals surface area (Å²) in [5, 5.41) is 5.53. The van der Waals surface area contributed by atoms with Gasteiger partial charge in [0, 0.05) is 29.7 Å². The molecule has 1 aromatic carbocycles. The quantitative estimate of drug-likeness (QED) is 0.724. The molecule has 1 saturated heterocycles. The topological polar surface area (TPSA) is 51.3 Å². The van der Waals surface area contributed by atoms with Gasteiger partial charge in [0.05, 0.1) is 11.7 Å². The van der Waals surface area contributed by atoms with E-state index in [1.165, 1.54) is 0 Å². The number of hydrogen-bond acceptors (Lipinski definition) is 3. The summed E-state index contributed by atoms with van der Waals surface area (Å²) in [6, 6.07) is 8.37. The molecule has 1 aliphatic heterocycles. The van der Waals surface area contributed by atoms with Crippen LogP contribution in [0.2, 0.25) is 0 Å². The van der Waals surface area contributed by atoms with Gasteiger partial charge < -0.3 is 9.32 Å². The van der Waals surface area contributed by atoms with E-state index < -0.39 is 0 Å². The minimum Gasteiger partial charge on any atom is -0.451 e. The Hall–Kier alpha value is -2.56. The summed E-state index contributed by atoms with van der Waals surface area (Å²) < 4.78 is 7.88. The van der Waals surface area contributed by atoms with Crippen LogP contribution in [0.25, 0.3) is 11.0 Å². The van der Waals surface area contributed by atoms with E-state index in [-0.39, 0.29) is 11.9 Å². The van der Waals surface area contributed by atoms with E-state index in [9.17, 15) is 4.79 Å². The van der Waals surface area contributed by atoms with Crippen LogP contribution < -0.4 is 0 Å². The molecule has 0 radical (unpaired) electrons. The highest BCUT2D eigenvalue weighted by atomic mass is 16.3. The van der Waals surface area contributed by atoms with E-state index in [0.717, 1.165) is 33.5 Å². The molecule has 5 nitrogen and oxygen atoms in total. The standard InChI is InChI=1S/C19H21N3O2/c1-11-5-6-16-14(4)18(24-17(16)7-11)19(23)21-9-15(10-21)22-13(3)8-12(2)20-22/h5-8,15H,9-10H2,1-4H3. The third-order valence-electron chi connectivity index (χ3n) is 4.83. The number of fused-ring (bicyclic) bond motifs is 1. The third kappa shape index (κ3) is 2.23. The van der Waals surface area contributed by atoms with Crippen molar-refractivity contribution >= 4 is 16.9 Å². The molecule has 4 rings (SSSR count). The van der Waals surface area contributed by atoms with Gasteiger partial charge in [0.15, 0.2) is 5.76 Å². The molecule has 24 heavy (non-hydrogen) atoms. The summed E-state index contributed by atoms with van der Waals surface area (Å²) in [6.07, 6.45) is 0. The van der Waals surface area contributed by atoms with Crippen molar-refractivity contribution < 1.29 is 9.21 Å². The van der Waals surface area contributed by atoms with Crippen molar-refractivity contribution in [3.63, 3.8) is 0 Å². The Labute approximate surface area is 140 Å². The lowest BCUT2D eigenvalue weighted by Crippen LogP contribution is -2.51. The first-order chi connectivity index (χ1) is 11.4. The lowest BCUT2D eigenvalue weighted by atomic mass is 10.1. The molecule has 0 aliphatic carbocycles. The number of aryl methyl sites for hydroxylation is 4. The maximum atomic E-state index is 12.8. The smallest absolute Gasteiger partial charge is 0.290 e. The summed E-state index contributed by atoms with van der Waals surface area (Å²) in [5.41, 5.74) is 4.99. The number of aromatic nitrogens is 2. The second-order valence-electron chi connectivity index (χ2n) is 6.79. The van der Waals surface area contributed by atoms with Gasteiger partial charge in [-0.2, -0.15) is 5.10 Å². The second kappa shape index (κ2) is 5.23. The molecule has 3 aromatic rings. The lowest BCUT2D eigenvalue weighted by Gasteiger charge is -2.39. The van der Waals surface area contributed by atoms with Crippen molar-refractivity contribution in [1.29, 1.82) is 0 Å². The fourth-order valence-corrected chi connectivity index (χ4v) is 3.47. The summed E-state index contributed by atoms with van der Waals surface area (Å²) in [5.74, 6) is 0.432. The van der Waals surface area contributed by atoms with E-state index in [1.807, 2.05) is 48.6 Å². The van der Waals surface area contributed by atoms with Gasteiger partial charge >= 0.3 is 0 Å². The van der Waals surface area contributed by atoms with Crippen LogP contribution in [0.4, 0.5) is 0 Å². The molecular weight excluding hydrogens is 302 g/mol. The van der Waals surface area contributed by atoms with E-state index in [4.69, 9.17) is 4.42 Å². The summed E-state index contributed by atoms with van der Waals surface area (Å²) in [6.45, 7) is 9.37. The van der Waals surface area contributed by atoms with E-state index in [0.29, 0.717) is 18.8 Å². The van der Waals surface area contributed by atoms with E-state index in [1.54, 1.807) is 0 Å². The Morgan fingerprint density at radius 2 is 1.92 bits per heavy atom. The zero-order valence-electron chi connectivity index (χ0n) is 14.5. The summed E-state index contributed by atoms with van der Waals surface area (Å²) in [7, 11) is 0. The predicted octanol–water partition coefficient (Wildman–Crippen LogP) is 3.56. The van der Waals surface area contributed by atoms with Crippen LogP contribution in [0.1, 0.15) is 39.1 Å². The van der Waals surface area contributed by atoms with Crippen LogP contribution >= 0.6 is 0 Å². The fourth-order valence-electron chi connectivity index (χ4n) is 3.47. The Balaban J connectivity index is 1.56. The Kier molecular flexibility index (Phi) is 3.27. The van der Waals surface area contributed by atoms with Crippen LogP contribution in [0.3, 0.4) is 0 Å². The van der Waals surface area contributed by atoms with Crippen molar-refractivity contribution in [1.82, 2.24) is 14.7 Å². The zero-order valence-corrected chi connectivity index (χ0v) is 14.5. The highest BCUT2D eigenvalue weighted by molar-refractivity contribution is 5.99. The monoisotopic (exact) mass is 323 g/mol. The first kappa shape index (κ1) is 15.0. The predicted molar refractivity (Wildman–Crippen MR) is 92.3 cm³/mol. The normalized spacial score (nSPS) is 15.1. The molecule has 0 N–H and O–H groups in total. The van der Waals surface area contributed by atoms with Gasteiger partial charge in [-0.15, -0.1) is 0 Å². The summed E-state index contributed by atoms with van der Waals surface area (Å²) >= 11 is 0. The Morgan fingerprint density at radius 3 is 2.58 bits per heavy atom. The molecule has 0 spiro atoms. The van der Waals surface area contributed by atoms with Crippen LogP contribution in [0.5, 0.6) is 0 Å². The molecule has 0 unspecified atom stereocenters. The van der Waals surface area contributed by atoms with Crippen molar-refractivity contribution in [2.24, 2.45) is 0 Å². The van der Waals surface area contributed by atoms with Gasteiger partial charge in [-0.3, -0.25) is 9.48 Å². The van der Waals surface area contributed by atoms with Crippen molar-refractivity contribution in [3.05, 3.63) is 52.5 Å². The largest absolute Gasteiger partial charge is 0.451 e. The van der Waals surface area contributed by atoms with Crippen molar-refractivity contribution in [2.75, 3.05) is 13.1 Å². The van der Waals surface area contributed by atoms with Crippen LogP contribution in [-0.2, 0) is 0 Å². The number of rotatable bonds is 2. The lowest BCUT2D eigenvalue weighted by molar-refractivity contribution is 0.0467. The zero-order chi connectivity index (χ0) is 17.0. The number of amides is 1.